The molecule has 20 nitrogen and oxygen atoms in total. The molecule has 15 N–H and O–H groups in total. The number of para-hydroxylation sites is 2. The first kappa shape index (κ1) is 45.9. The molecule has 0 saturated heterocycles. The molecular weight excluding hydrogens is 799 g/mol. The number of fused-ring (bicyclic) bond motifs is 2. The second-order valence-electron chi connectivity index (χ2n) is 15.5. The molecule has 5 atom stereocenters. The third kappa shape index (κ3) is 13.1. The first-order valence-electron chi connectivity index (χ1n) is 20.3. The Morgan fingerprint density at radius 1 is 0.726 bits per heavy atom. The van der Waals surface area contributed by atoms with Crippen molar-refractivity contribution in [2.75, 3.05) is 13.1 Å². The molecule has 5 aromatic rings. The van der Waals surface area contributed by atoms with Crippen LogP contribution in [0.4, 0.5) is 0 Å². The summed E-state index contributed by atoms with van der Waals surface area (Å²) in [6.45, 7) is 3.17. The van der Waals surface area contributed by atoms with E-state index >= 15 is 0 Å². The fourth-order valence-corrected chi connectivity index (χ4v) is 7.01. The van der Waals surface area contributed by atoms with Gasteiger partial charge in [-0.25, -0.2) is 9.78 Å². The zero-order chi connectivity index (χ0) is 44.8. The summed E-state index contributed by atoms with van der Waals surface area (Å²) >= 11 is 0. The van der Waals surface area contributed by atoms with Crippen LogP contribution >= 0.6 is 0 Å². The maximum absolute atomic E-state index is 14.1. The van der Waals surface area contributed by atoms with Gasteiger partial charge in [-0.15, -0.1) is 0 Å². The normalized spacial score (nSPS) is 13.7. The summed E-state index contributed by atoms with van der Waals surface area (Å²) in [5, 5.41) is 24.7. The Hall–Kier alpha value is -7.22. The van der Waals surface area contributed by atoms with Crippen molar-refractivity contribution in [3.05, 3.63) is 90.3 Å². The highest BCUT2D eigenvalue weighted by Crippen LogP contribution is 2.21. The van der Waals surface area contributed by atoms with Crippen LogP contribution in [-0.4, -0.2) is 110 Å². The van der Waals surface area contributed by atoms with Crippen LogP contribution in [0.2, 0.25) is 0 Å². The number of carbonyl (C=O) groups excluding carboxylic acids is 5. The van der Waals surface area contributed by atoms with Gasteiger partial charge in [0.25, 0.3) is 0 Å². The number of carboxylic acids is 1. The molecule has 0 spiro atoms. The fraction of sp³-hybridized carbons (Fsp3) is 0.381. The van der Waals surface area contributed by atoms with E-state index in [0.29, 0.717) is 11.3 Å². The average molecular weight is 854 g/mol. The van der Waals surface area contributed by atoms with E-state index in [0.717, 1.165) is 27.4 Å². The molecule has 0 bridgehead atoms. The molecular formula is C42H55N13O7. The van der Waals surface area contributed by atoms with Crippen LogP contribution in [0.15, 0.2) is 78.4 Å². The molecule has 5 rings (SSSR count). The van der Waals surface area contributed by atoms with E-state index in [1.54, 1.807) is 12.4 Å². The summed E-state index contributed by atoms with van der Waals surface area (Å²) in [5.41, 5.74) is 20.9. The van der Waals surface area contributed by atoms with Gasteiger partial charge >= 0.3 is 5.97 Å². The summed E-state index contributed by atoms with van der Waals surface area (Å²) in [5.74, 6) is -4.97. The number of hydrogen-bond acceptors (Lipinski definition) is 9. The highest BCUT2D eigenvalue weighted by molar-refractivity contribution is 5.96. The Balaban J connectivity index is 1.32. The summed E-state index contributed by atoms with van der Waals surface area (Å²) in [6.07, 6.45) is 7.02. The molecule has 2 aromatic carbocycles. The first-order chi connectivity index (χ1) is 29.7. The molecule has 5 amide bonds. The number of nitrogens with one attached hydrogen (secondary N) is 8. The van der Waals surface area contributed by atoms with Crippen LogP contribution in [0.1, 0.15) is 49.9 Å². The number of hydrogen-bond donors (Lipinski definition) is 12. The van der Waals surface area contributed by atoms with Gasteiger partial charge in [-0.05, 0) is 48.4 Å². The maximum atomic E-state index is 14.1. The Labute approximate surface area is 357 Å². The number of nitrogens with zero attached hydrogens (tertiary/aromatic N) is 2. The van der Waals surface area contributed by atoms with Crippen LogP contribution in [0, 0.1) is 5.92 Å². The quantitative estimate of drug-likeness (QED) is 0.0235. The number of carboxylic acid groups (broad SMARTS) is 1. The second-order valence-corrected chi connectivity index (χ2v) is 15.5. The van der Waals surface area contributed by atoms with E-state index < -0.39 is 72.3 Å². The topological polar surface area (TPSA) is 333 Å². The zero-order valence-electron chi connectivity index (χ0n) is 34.6. The Morgan fingerprint density at radius 2 is 1.29 bits per heavy atom. The lowest BCUT2D eigenvalue weighted by atomic mass is 10.0. The van der Waals surface area contributed by atoms with Crippen molar-refractivity contribution in [1.29, 1.82) is 0 Å². The molecule has 0 aliphatic carbocycles. The van der Waals surface area contributed by atoms with Gasteiger partial charge in [-0.3, -0.25) is 29.0 Å². The summed E-state index contributed by atoms with van der Waals surface area (Å²) in [7, 11) is 0. The highest BCUT2D eigenvalue weighted by Gasteiger charge is 2.31. The molecule has 0 fully saturated rings. The van der Waals surface area contributed by atoms with Gasteiger partial charge in [0.2, 0.25) is 29.5 Å². The largest absolute Gasteiger partial charge is 0.480 e. The number of aromatic amines is 3. The molecule has 20 heteroatoms. The smallest absolute Gasteiger partial charge is 0.326 e. The third-order valence-electron chi connectivity index (χ3n) is 10.1. The standard InChI is InChI=1S/C42H55N13O7/c1-23(2)14-35(41(61)62)55-39(59)33(15-24-18-48-30-10-5-3-8-27(24)30)52-36(56)21-50-38(58)32(12-7-13-47-42(44)45)53-40(60)34(16-25-19-49-31-11-6-4-9-28(25)31)54-37(57)29(43)17-26-20-46-22-51-26/h3-6,8-11,18-20,22-23,29,32-35,48-49H,7,12-17,21,43H2,1-2H3,(H,46,51)(H,50,58)(H,52,56)(H,53,60)(H,54,57)(H,55,59)(H,61,62)(H4,44,45,47)/t29-,32-,33-,34-,35-/m0/s1. The Kier molecular flexibility index (Phi) is 16.2. The van der Waals surface area contributed by atoms with Gasteiger partial charge in [0, 0.05) is 71.9 Å². The minimum Gasteiger partial charge on any atom is -0.480 e. The van der Waals surface area contributed by atoms with E-state index in [4.69, 9.17) is 17.2 Å². The maximum Gasteiger partial charge on any atom is 0.326 e. The predicted octanol–water partition coefficient (Wildman–Crippen LogP) is -0.0328. The van der Waals surface area contributed by atoms with Crippen molar-refractivity contribution in [1.82, 2.24) is 46.5 Å². The number of nitrogens with two attached hydrogens (primary N) is 3. The molecule has 0 saturated carbocycles. The monoisotopic (exact) mass is 853 g/mol. The van der Waals surface area contributed by atoms with Gasteiger partial charge in [0.15, 0.2) is 5.96 Å². The number of aliphatic imine (C=N–C) groups is 1. The van der Waals surface area contributed by atoms with Crippen molar-refractivity contribution in [2.24, 2.45) is 28.1 Å². The number of carbonyl (C=O) groups is 6. The van der Waals surface area contributed by atoms with Gasteiger partial charge in [0.1, 0.15) is 24.2 Å². The lowest BCUT2D eigenvalue weighted by Gasteiger charge is -2.25. The Morgan fingerprint density at radius 3 is 1.84 bits per heavy atom. The predicted molar refractivity (Wildman–Crippen MR) is 232 cm³/mol. The summed E-state index contributed by atoms with van der Waals surface area (Å²) in [4.78, 5) is 97.6. The average Bonchev–Trinajstić information content (AvgIpc) is 4.01. The van der Waals surface area contributed by atoms with Gasteiger partial charge in [-0.2, -0.15) is 0 Å². The van der Waals surface area contributed by atoms with Crippen LogP contribution < -0.4 is 43.8 Å². The van der Waals surface area contributed by atoms with Gasteiger partial charge in [-0.1, -0.05) is 50.2 Å². The number of H-pyrrole nitrogens is 3. The van der Waals surface area contributed by atoms with E-state index in [1.807, 2.05) is 62.4 Å². The molecule has 3 heterocycles. The third-order valence-corrected chi connectivity index (χ3v) is 10.1. The van der Waals surface area contributed by atoms with Gasteiger partial charge < -0.3 is 63.8 Å². The van der Waals surface area contributed by atoms with Gasteiger partial charge in [0.05, 0.1) is 18.9 Å². The second kappa shape index (κ2) is 21.9. The molecule has 3 aromatic heterocycles. The molecule has 0 unspecified atom stereocenters. The lowest BCUT2D eigenvalue weighted by molar-refractivity contribution is -0.142. The number of guanidine groups is 1. The molecule has 62 heavy (non-hydrogen) atoms. The van der Waals surface area contributed by atoms with Crippen molar-refractivity contribution in [3.8, 4) is 0 Å². The highest BCUT2D eigenvalue weighted by atomic mass is 16.4. The van der Waals surface area contributed by atoms with Crippen LogP contribution in [0.3, 0.4) is 0 Å². The van der Waals surface area contributed by atoms with E-state index in [2.05, 4.69) is 51.5 Å². The minimum absolute atomic E-state index is 0.00209. The molecule has 0 aliphatic heterocycles. The number of amides is 5. The fourth-order valence-electron chi connectivity index (χ4n) is 7.01. The summed E-state index contributed by atoms with van der Waals surface area (Å²) in [6, 6.07) is 8.92. The molecule has 0 aliphatic rings. The SMILES string of the molecule is CC(C)C[C@H](NC(=O)[C@H](Cc1c[nH]c2ccccc12)NC(=O)CNC(=O)[C@H](CCCN=C(N)N)NC(=O)[C@H](Cc1c[nH]c2ccccc12)NC(=O)[C@@H](N)Cc1cnc[nH]1)C(=O)O. The van der Waals surface area contributed by atoms with E-state index in [9.17, 15) is 33.9 Å². The molecule has 330 valence electrons. The Bertz CT molecular complexity index is 2350. The number of aliphatic carboxylic acids is 1. The van der Waals surface area contributed by atoms with E-state index in [1.165, 1.54) is 12.5 Å². The van der Waals surface area contributed by atoms with Crippen LogP contribution in [-0.2, 0) is 48.0 Å². The molecule has 0 radical (unpaired) electrons. The van der Waals surface area contributed by atoms with Crippen molar-refractivity contribution in [3.63, 3.8) is 0 Å². The summed E-state index contributed by atoms with van der Waals surface area (Å²) < 4.78 is 0. The zero-order valence-corrected chi connectivity index (χ0v) is 34.6. The van der Waals surface area contributed by atoms with E-state index in [-0.39, 0.29) is 56.9 Å². The van der Waals surface area contributed by atoms with Crippen molar-refractivity contribution in [2.45, 2.75) is 82.6 Å². The first-order valence-corrected chi connectivity index (χ1v) is 20.3. The van der Waals surface area contributed by atoms with Crippen LogP contribution in [0.25, 0.3) is 21.8 Å². The minimum atomic E-state index is -1.23. The van der Waals surface area contributed by atoms with Crippen molar-refractivity contribution >= 4 is 63.3 Å². The number of benzene rings is 2. The van der Waals surface area contributed by atoms with Crippen molar-refractivity contribution < 1.29 is 33.9 Å². The number of imidazole rings is 1. The lowest BCUT2D eigenvalue weighted by Crippen LogP contribution is -2.57. The number of aromatic nitrogens is 4. The number of rotatable bonds is 23. The van der Waals surface area contributed by atoms with Crippen LogP contribution in [0.5, 0.6) is 0 Å².